The van der Waals surface area contributed by atoms with E-state index in [9.17, 15) is 13.2 Å². The number of aromatic amines is 1. The summed E-state index contributed by atoms with van der Waals surface area (Å²) in [5.41, 5.74) is 5.48. The lowest BCUT2D eigenvalue weighted by Gasteiger charge is -2.26. The molecule has 0 amide bonds. The van der Waals surface area contributed by atoms with E-state index in [1.54, 1.807) is 10.4 Å². The number of rotatable bonds is 3. The minimum atomic E-state index is -3.76. The van der Waals surface area contributed by atoms with E-state index in [2.05, 4.69) is 10.2 Å². The first kappa shape index (κ1) is 20.0. The van der Waals surface area contributed by atoms with E-state index in [0.717, 1.165) is 53.6 Å². The molecule has 2 aromatic carbocycles. The smallest absolute Gasteiger partial charge is 0.267 e. The Morgan fingerprint density at radius 2 is 1.81 bits per heavy atom. The number of nitrogens with zero attached hydrogens (tertiary/aromatic N) is 2. The van der Waals surface area contributed by atoms with Crippen LogP contribution in [0.1, 0.15) is 42.0 Å². The van der Waals surface area contributed by atoms with E-state index in [1.165, 1.54) is 0 Å². The predicted molar refractivity (Wildman–Crippen MR) is 121 cm³/mol. The molecule has 1 unspecified atom stereocenters. The molecule has 0 saturated carbocycles. The minimum absolute atomic E-state index is 0.138. The molecule has 0 fully saturated rings. The fourth-order valence-electron chi connectivity index (χ4n) is 4.93. The molecule has 160 valence electrons. The molecule has 31 heavy (non-hydrogen) atoms. The summed E-state index contributed by atoms with van der Waals surface area (Å²) in [6, 6.07) is 13.0. The molecule has 2 heterocycles. The number of fused-ring (bicyclic) bond motifs is 2. The van der Waals surface area contributed by atoms with E-state index in [4.69, 9.17) is 0 Å². The van der Waals surface area contributed by atoms with Crippen LogP contribution in [-0.2, 0) is 29.3 Å². The summed E-state index contributed by atoms with van der Waals surface area (Å²) in [5, 5.41) is 6.93. The molecule has 0 radical (unpaired) electrons. The van der Waals surface area contributed by atoms with Crippen LogP contribution in [0, 0.1) is 6.92 Å². The highest BCUT2D eigenvalue weighted by molar-refractivity contribution is 7.93. The molecule has 1 aliphatic heterocycles. The minimum Gasteiger partial charge on any atom is -0.268 e. The number of hydrogen-bond donors (Lipinski definition) is 1. The summed E-state index contributed by atoms with van der Waals surface area (Å²) in [6.07, 6.45) is 4.21. The molecule has 0 saturated heterocycles. The molecule has 1 atom stereocenters. The molecular weight excluding hydrogens is 410 g/mol. The first-order valence-electron chi connectivity index (χ1n) is 10.7. The topological polar surface area (TPSA) is 83.1 Å². The van der Waals surface area contributed by atoms with Gasteiger partial charge in [0.25, 0.3) is 15.6 Å². The highest BCUT2D eigenvalue weighted by atomic mass is 32.2. The first-order chi connectivity index (χ1) is 14.9. The zero-order valence-corrected chi connectivity index (χ0v) is 18.5. The molecule has 1 aliphatic carbocycles. The van der Waals surface area contributed by atoms with Gasteiger partial charge in [-0.05, 0) is 74.8 Å². The predicted octanol–water partition coefficient (Wildman–Crippen LogP) is 3.76. The van der Waals surface area contributed by atoms with Crippen molar-refractivity contribution in [3.05, 3.63) is 75.1 Å². The van der Waals surface area contributed by atoms with Crippen LogP contribution in [0.3, 0.4) is 0 Å². The third-order valence-electron chi connectivity index (χ3n) is 6.44. The molecular formula is C24H25N3O3S. The van der Waals surface area contributed by atoms with Gasteiger partial charge in [-0.15, -0.1) is 0 Å². The Bertz CT molecular complexity index is 1340. The molecule has 3 aromatic rings. The number of sulfonamides is 1. The third-order valence-corrected chi connectivity index (χ3v) is 8.51. The Labute approximate surface area is 182 Å². The van der Waals surface area contributed by atoms with Gasteiger partial charge in [0.15, 0.2) is 0 Å². The standard InChI is InChI=1S/C24H25N3O3S/c1-15-11-12-18(23-19-8-4-5-9-20(19)24(28)26-25-23)14-22(15)31(29,30)27-16(2)13-17-7-3-6-10-21(17)27/h3,6-7,10-12,14,16H,4-5,8-9,13H2,1-2H3,(H,26,28). The zero-order valence-electron chi connectivity index (χ0n) is 17.7. The van der Waals surface area contributed by atoms with Crippen LogP contribution in [0.15, 0.2) is 52.2 Å². The van der Waals surface area contributed by atoms with Gasteiger partial charge < -0.3 is 0 Å². The van der Waals surface area contributed by atoms with E-state index in [0.29, 0.717) is 17.7 Å². The van der Waals surface area contributed by atoms with Crippen molar-refractivity contribution >= 4 is 15.7 Å². The SMILES string of the molecule is Cc1ccc(-c2n[nH]c(=O)c3c2CCCC3)cc1S(=O)(=O)N1c2ccccc2CC1C. The van der Waals surface area contributed by atoms with Gasteiger partial charge >= 0.3 is 0 Å². The van der Waals surface area contributed by atoms with Crippen LogP contribution in [0.25, 0.3) is 11.3 Å². The fourth-order valence-corrected chi connectivity index (χ4v) is 6.88. The summed E-state index contributed by atoms with van der Waals surface area (Å²) < 4.78 is 29.2. The van der Waals surface area contributed by atoms with Crippen molar-refractivity contribution in [3.8, 4) is 11.3 Å². The van der Waals surface area contributed by atoms with Crippen LogP contribution in [0.5, 0.6) is 0 Å². The molecule has 1 aromatic heterocycles. The summed E-state index contributed by atoms with van der Waals surface area (Å²) in [5.74, 6) is 0. The number of H-pyrrole nitrogens is 1. The number of hydrogen-bond acceptors (Lipinski definition) is 4. The third kappa shape index (κ3) is 3.19. The molecule has 1 N–H and O–H groups in total. The van der Waals surface area contributed by atoms with Crippen molar-refractivity contribution in [1.29, 1.82) is 0 Å². The molecule has 6 nitrogen and oxygen atoms in total. The van der Waals surface area contributed by atoms with Crippen molar-refractivity contribution in [2.24, 2.45) is 0 Å². The van der Waals surface area contributed by atoms with Gasteiger partial charge in [0.2, 0.25) is 0 Å². The Balaban J connectivity index is 1.65. The Morgan fingerprint density at radius 3 is 2.61 bits per heavy atom. The monoisotopic (exact) mass is 435 g/mol. The molecule has 0 bridgehead atoms. The number of aryl methyl sites for hydroxylation is 1. The Kier molecular flexibility index (Phi) is 4.73. The normalized spacial score (nSPS) is 18.0. The number of benzene rings is 2. The maximum atomic E-state index is 13.8. The average molecular weight is 436 g/mol. The second-order valence-corrected chi connectivity index (χ2v) is 10.3. The van der Waals surface area contributed by atoms with Gasteiger partial charge in [-0.2, -0.15) is 5.10 Å². The lowest BCUT2D eigenvalue weighted by molar-refractivity contribution is 0.583. The molecule has 5 rings (SSSR count). The van der Waals surface area contributed by atoms with Crippen molar-refractivity contribution < 1.29 is 8.42 Å². The summed E-state index contributed by atoms with van der Waals surface area (Å²) in [7, 11) is -3.76. The van der Waals surface area contributed by atoms with E-state index in [1.807, 2.05) is 50.2 Å². The largest absolute Gasteiger partial charge is 0.268 e. The number of nitrogens with one attached hydrogen (secondary N) is 1. The maximum absolute atomic E-state index is 13.8. The number of para-hydroxylation sites is 1. The van der Waals surface area contributed by atoms with E-state index in [-0.39, 0.29) is 16.5 Å². The summed E-state index contributed by atoms with van der Waals surface area (Å²) in [6.45, 7) is 3.76. The van der Waals surface area contributed by atoms with Gasteiger partial charge in [0, 0.05) is 17.2 Å². The van der Waals surface area contributed by atoms with Crippen molar-refractivity contribution in [2.45, 2.75) is 56.9 Å². The van der Waals surface area contributed by atoms with E-state index >= 15 is 0 Å². The van der Waals surface area contributed by atoms with Crippen LogP contribution < -0.4 is 9.86 Å². The van der Waals surface area contributed by atoms with Crippen LogP contribution >= 0.6 is 0 Å². The van der Waals surface area contributed by atoms with Gasteiger partial charge in [0.1, 0.15) is 0 Å². The second-order valence-electron chi connectivity index (χ2n) is 8.53. The van der Waals surface area contributed by atoms with Gasteiger partial charge in [-0.1, -0.05) is 30.3 Å². The molecule has 0 spiro atoms. The van der Waals surface area contributed by atoms with Crippen LogP contribution in [-0.4, -0.2) is 24.7 Å². The fraction of sp³-hybridized carbons (Fsp3) is 0.333. The zero-order chi connectivity index (χ0) is 21.8. The highest BCUT2D eigenvalue weighted by Crippen LogP contribution is 2.38. The summed E-state index contributed by atoms with van der Waals surface area (Å²) in [4.78, 5) is 12.5. The van der Waals surface area contributed by atoms with Crippen molar-refractivity contribution in [1.82, 2.24) is 10.2 Å². The van der Waals surface area contributed by atoms with E-state index < -0.39 is 10.0 Å². The van der Waals surface area contributed by atoms with Crippen LogP contribution in [0.4, 0.5) is 5.69 Å². The summed E-state index contributed by atoms with van der Waals surface area (Å²) >= 11 is 0. The van der Waals surface area contributed by atoms with Gasteiger partial charge in [0.05, 0.1) is 16.3 Å². The molecule has 2 aliphatic rings. The van der Waals surface area contributed by atoms with Crippen molar-refractivity contribution in [2.75, 3.05) is 4.31 Å². The lowest BCUT2D eigenvalue weighted by atomic mass is 9.90. The van der Waals surface area contributed by atoms with Crippen LogP contribution in [0.2, 0.25) is 0 Å². The van der Waals surface area contributed by atoms with Gasteiger partial charge in [-0.3, -0.25) is 9.10 Å². The quantitative estimate of drug-likeness (QED) is 0.679. The van der Waals surface area contributed by atoms with Crippen molar-refractivity contribution in [3.63, 3.8) is 0 Å². The Morgan fingerprint density at radius 1 is 1.06 bits per heavy atom. The second kappa shape index (κ2) is 7.34. The maximum Gasteiger partial charge on any atom is 0.267 e. The number of aromatic nitrogens is 2. The highest BCUT2D eigenvalue weighted by Gasteiger charge is 2.36. The Hall–Kier alpha value is -2.93. The lowest BCUT2D eigenvalue weighted by Crippen LogP contribution is -2.36. The molecule has 7 heteroatoms. The van der Waals surface area contributed by atoms with Gasteiger partial charge in [-0.25, -0.2) is 13.5 Å². The first-order valence-corrected chi connectivity index (χ1v) is 12.2. The number of anilines is 1. The average Bonchev–Trinajstić information content (AvgIpc) is 3.11.